The van der Waals surface area contributed by atoms with Gasteiger partial charge in [-0.05, 0) is 112 Å². The van der Waals surface area contributed by atoms with Crippen molar-refractivity contribution in [1.29, 1.82) is 0 Å². The van der Waals surface area contributed by atoms with Crippen molar-refractivity contribution in [2.75, 3.05) is 45.9 Å². The monoisotopic (exact) mass is 1290 g/mol. The average molecular weight is 1290 g/mol. The van der Waals surface area contributed by atoms with Gasteiger partial charge in [-0.25, -0.2) is 4.79 Å². The first kappa shape index (κ1) is 69.8. The molecule has 11 unspecified atom stereocenters. The molecule has 2 aromatic rings. The topological polar surface area (TPSA) is 503 Å². The smallest absolute Gasteiger partial charge is 0.326 e. The maximum Gasteiger partial charge on any atom is 0.326 e. The second-order valence-corrected chi connectivity index (χ2v) is 24.8. The summed E-state index contributed by atoms with van der Waals surface area (Å²) >= 11 is 1.30. The number of nitrogens with zero attached hydrogens (tertiary/aromatic N) is 7. The Labute approximate surface area is 531 Å². The Balaban J connectivity index is 1.01. The number of guanidine groups is 3. The Morgan fingerprint density at radius 1 is 0.593 bits per heavy atom. The lowest BCUT2D eigenvalue weighted by Gasteiger charge is -2.42. The molecular formula is C59H89N19O12S. The summed E-state index contributed by atoms with van der Waals surface area (Å²) in [5, 5.41) is 36.1. The highest BCUT2D eigenvalue weighted by Crippen LogP contribution is 2.41. The second kappa shape index (κ2) is 33.4. The third-order valence-electron chi connectivity index (χ3n) is 17.4. The summed E-state index contributed by atoms with van der Waals surface area (Å²) in [6.07, 6.45) is 5.87. The lowest BCUT2D eigenvalue weighted by atomic mass is 9.84. The van der Waals surface area contributed by atoms with Crippen molar-refractivity contribution in [1.82, 2.24) is 46.2 Å². The molecule has 0 radical (unpaired) electrons. The van der Waals surface area contributed by atoms with Gasteiger partial charge in [-0.2, -0.15) is 0 Å². The number of likely N-dealkylation sites (tertiary alicyclic amines) is 3. The van der Waals surface area contributed by atoms with Crippen molar-refractivity contribution < 1.29 is 58.2 Å². The number of carbonyl (C=O) groups is 10. The maximum absolute atomic E-state index is 15.3. The van der Waals surface area contributed by atoms with Gasteiger partial charge in [0.25, 0.3) is 0 Å². The Morgan fingerprint density at radius 3 is 1.84 bits per heavy atom. The van der Waals surface area contributed by atoms with Gasteiger partial charge in [0.2, 0.25) is 53.2 Å². The Hall–Kier alpha value is -8.65. The largest absolute Gasteiger partial charge is 0.480 e. The standard InChI is InChI=1S/C59H89N19O12S/c60-37(15-5-21-67-57(61)62)48(81)72-38(16-6-22-68-58(63)64)52(85)76-25-9-20-44(76)54(87)75-24-8-19-43(75)50(83)70-30-47(80)71-40(29-36-14-10-26-91-36)49(82)74-41(32-79)53(86)77-31-35-13-2-1-11-33(35)27-46(77)55(88)78-42-18-4-3-12-34(42)28-45(78)51(84)73-39(56(89)90)17-7-23-69-59(65)66/h1-2,10-11,13-14,26,34,37-46,79H,3-9,12,15-25,27-32,60H2,(H,70,83)(H,71,80)(H,72,81)(H,73,84)(H,74,82)(H,89,90)(H4,61,62,67)(H4,63,64,68)(H4,65,66,69). The number of carboxylic acids is 1. The molecule has 21 N–H and O–H groups in total. The third-order valence-corrected chi connectivity index (χ3v) is 18.3. The van der Waals surface area contributed by atoms with Crippen LogP contribution in [0.3, 0.4) is 0 Å². The molecule has 1 saturated carbocycles. The first-order valence-corrected chi connectivity index (χ1v) is 32.0. The van der Waals surface area contributed by atoms with Crippen LogP contribution in [0.25, 0.3) is 0 Å². The van der Waals surface area contributed by atoms with Crippen LogP contribution in [0.4, 0.5) is 0 Å². The highest BCUT2D eigenvalue weighted by molar-refractivity contribution is 7.09. The number of aliphatic hydroxyl groups excluding tert-OH is 1. The number of hydrogen-bond acceptors (Lipinski definition) is 16. The van der Waals surface area contributed by atoms with Crippen LogP contribution in [0.15, 0.2) is 56.8 Å². The number of amides is 9. The quantitative estimate of drug-likeness (QED) is 0.0201. The van der Waals surface area contributed by atoms with Crippen molar-refractivity contribution in [3.05, 3.63) is 57.8 Å². The average Bonchev–Trinajstić information content (AvgIpc) is 1.80. The number of carboxylic acid groups (broad SMARTS) is 1. The Morgan fingerprint density at radius 2 is 1.20 bits per heavy atom. The van der Waals surface area contributed by atoms with Crippen LogP contribution < -0.4 is 66.7 Å². The number of nitrogens with two attached hydrogens (primary N) is 7. The van der Waals surface area contributed by atoms with E-state index in [-0.39, 0.29) is 127 Å². The fraction of sp³-hybridized carbons (Fsp3) is 0.610. The van der Waals surface area contributed by atoms with Crippen LogP contribution in [-0.4, -0.2) is 213 Å². The van der Waals surface area contributed by atoms with Gasteiger partial charge in [0.15, 0.2) is 17.9 Å². The minimum atomic E-state index is -1.64. The molecule has 91 heavy (non-hydrogen) atoms. The number of benzene rings is 1. The van der Waals surface area contributed by atoms with Crippen molar-refractivity contribution >= 4 is 88.3 Å². The summed E-state index contributed by atoms with van der Waals surface area (Å²) in [6.45, 7) is -0.751. The molecule has 3 saturated heterocycles. The summed E-state index contributed by atoms with van der Waals surface area (Å²) < 4.78 is 0. The number of aliphatic imine (C=N–C) groups is 3. The molecule has 1 aliphatic carbocycles. The molecule has 7 rings (SSSR count). The van der Waals surface area contributed by atoms with Gasteiger partial charge in [0.1, 0.15) is 48.3 Å². The molecule has 1 aromatic carbocycles. The van der Waals surface area contributed by atoms with Crippen molar-refractivity contribution in [3.8, 4) is 0 Å². The van der Waals surface area contributed by atoms with E-state index in [0.29, 0.717) is 42.5 Å². The van der Waals surface area contributed by atoms with E-state index in [1.807, 2.05) is 6.07 Å². The van der Waals surface area contributed by atoms with Crippen LogP contribution in [0.2, 0.25) is 0 Å². The fourth-order valence-corrected chi connectivity index (χ4v) is 13.6. The Bertz CT molecular complexity index is 3010. The fourth-order valence-electron chi connectivity index (χ4n) is 12.9. The van der Waals surface area contributed by atoms with Crippen LogP contribution in [0.5, 0.6) is 0 Å². The molecule has 31 nitrogen and oxygen atoms in total. The van der Waals surface area contributed by atoms with E-state index in [2.05, 4.69) is 41.6 Å². The molecule has 4 aliphatic heterocycles. The number of aliphatic hydroxyl groups is 1. The SMILES string of the molecule is NC(N)=NCCCC(N)C(=O)NC(CCCN=C(N)N)C(=O)N1CCCC1C(=O)N1CCCC1C(=O)NCC(=O)NC(Cc1cccs1)C(=O)NC(CO)C(=O)N1Cc2ccccc2CC1C(=O)N1C(C(=O)NC(CCCN=C(N)N)C(=O)O)CC2CCCCC21. The number of aliphatic carboxylic acids is 1. The molecule has 0 spiro atoms. The molecule has 5 heterocycles. The third kappa shape index (κ3) is 19.0. The summed E-state index contributed by atoms with van der Waals surface area (Å²) in [4.78, 5) is 159. The van der Waals surface area contributed by atoms with E-state index in [1.54, 1.807) is 35.7 Å². The minimum Gasteiger partial charge on any atom is -0.480 e. The molecule has 5 aliphatic rings. The molecule has 32 heteroatoms. The van der Waals surface area contributed by atoms with Gasteiger partial charge in [0, 0.05) is 63.0 Å². The van der Waals surface area contributed by atoms with E-state index < -0.39 is 127 Å². The Kier molecular flexibility index (Phi) is 25.6. The number of fused-ring (bicyclic) bond motifs is 2. The lowest BCUT2D eigenvalue weighted by molar-refractivity contribution is -0.153. The molecule has 1 aromatic heterocycles. The van der Waals surface area contributed by atoms with E-state index in [4.69, 9.17) is 40.1 Å². The number of rotatable bonds is 30. The van der Waals surface area contributed by atoms with Gasteiger partial charge in [-0.15, -0.1) is 11.3 Å². The first-order valence-electron chi connectivity index (χ1n) is 31.1. The van der Waals surface area contributed by atoms with E-state index in [1.165, 1.54) is 30.9 Å². The van der Waals surface area contributed by atoms with Crippen molar-refractivity contribution in [2.24, 2.45) is 61.0 Å². The van der Waals surface area contributed by atoms with Crippen molar-refractivity contribution in [3.63, 3.8) is 0 Å². The normalized spacial score (nSPS) is 21.7. The van der Waals surface area contributed by atoms with Crippen LogP contribution >= 0.6 is 11.3 Å². The van der Waals surface area contributed by atoms with E-state index >= 15 is 4.79 Å². The number of nitrogens with one attached hydrogen (secondary N) is 5. The van der Waals surface area contributed by atoms with E-state index in [9.17, 15) is 53.4 Å². The predicted octanol–water partition coefficient (Wildman–Crippen LogP) is -3.99. The van der Waals surface area contributed by atoms with Crippen LogP contribution in [0.1, 0.15) is 112 Å². The minimum absolute atomic E-state index is 0.00815. The summed E-state index contributed by atoms with van der Waals surface area (Å²) in [5.41, 5.74) is 40.4. The van der Waals surface area contributed by atoms with Gasteiger partial charge >= 0.3 is 5.97 Å². The highest BCUT2D eigenvalue weighted by atomic mass is 32.1. The number of thiophene rings is 1. The zero-order valence-corrected chi connectivity index (χ0v) is 51.9. The zero-order chi connectivity index (χ0) is 65.9. The van der Waals surface area contributed by atoms with Gasteiger partial charge in [-0.3, -0.25) is 58.1 Å². The molecule has 9 amide bonds. The summed E-state index contributed by atoms with van der Waals surface area (Å²) in [7, 11) is 0. The second-order valence-electron chi connectivity index (χ2n) is 23.7. The number of hydrogen-bond donors (Lipinski definition) is 14. The molecule has 498 valence electrons. The van der Waals surface area contributed by atoms with Crippen LogP contribution in [-0.2, 0) is 67.3 Å². The van der Waals surface area contributed by atoms with Gasteiger partial charge in [0.05, 0.1) is 19.2 Å². The highest BCUT2D eigenvalue weighted by Gasteiger charge is 2.52. The molecule has 4 fully saturated rings. The van der Waals surface area contributed by atoms with Crippen molar-refractivity contribution in [2.45, 2.75) is 176 Å². The summed E-state index contributed by atoms with van der Waals surface area (Å²) in [5.74, 6) is -7.70. The van der Waals surface area contributed by atoms with Gasteiger partial charge in [-0.1, -0.05) is 43.2 Å². The first-order chi connectivity index (χ1) is 43.6. The zero-order valence-electron chi connectivity index (χ0n) is 51.1. The van der Waals surface area contributed by atoms with Crippen LogP contribution in [0, 0.1) is 5.92 Å². The maximum atomic E-state index is 15.3. The molecular weight excluding hydrogens is 1200 g/mol. The van der Waals surface area contributed by atoms with Gasteiger partial charge < -0.3 is 96.5 Å². The molecule has 0 bridgehead atoms. The molecule has 11 atom stereocenters. The predicted molar refractivity (Wildman–Crippen MR) is 336 cm³/mol. The summed E-state index contributed by atoms with van der Waals surface area (Å²) in [6, 6.07) is -0.380. The van der Waals surface area contributed by atoms with E-state index in [0.717, 1.165) is 24.8 Å². The number of carbonyl (C=O) groups excluding carboxylic acids is 9. The lowest BCUT2D eigenvalue weighted by Crippen LogP contribution is -2.63.